The summed E-state index contributed by atoms with van der Waals surface area (Å²) in [7, 11) is 2.03. The van der Waals surface area contributed by atoms with Gasteiger partial charge in [-0.1, -0.05) is 0 Å². The molecule has 1 unspecified atom stereocenters. The number of ether oxygens (including phenoxy) is 1. The number of aliphatic hydroxyl groups is 1. The topological polar surface area (TPSA) is 44.7 Å². The molecule has 0 aromatic rings. The van der Waals surface area contributed by atoms with Crippen molar-refractivity contribution in [3.8, 4) is 0 Å². The molecular formula is C14H28N2O2. The summed E-state index contributed by atoms with van der Waals surface area (Å²) in [6, 6.07) is 0. The molecule has 2 aliphatic heterocycles. The lowest BCUT2D eigenvalue weighted by Crippen LogP contribution is -2.52. The molecule has 0 aromatic heterocycles. The highest BCUT2D eigenvalue weighted by Crippen LogP contribution is 2.31. The number of likely N-dealkylation sites (tertiary alicyclic amines) is 1. The van der Waals surface area contributed by atoms with Crippen molar-refractivity contribution >= 4 is 0 Å². The Morgan fingerprint density at radius 1 is 1.28 bits per heavy atom. The lowest BCUT2D eigenvalue weighted by atomic mass is 9.81. The smallest absolute Gasteiger partial charge is 0.0644 e. The summed E-state index contributed by atoms with van der Waals surface area (Å²) in [5.41, 5.74) is -0.175. The number of rotatable bonds is 4. The highest BCUT2D eigenvalue weighted by molar-refractivity contribution is 4.90. The van der Waals surface area contributed by atoms with Crippen molar-refractivity contribution in [2.24, 2.45) is 5.41 Å². The molecule has 1 atom stereocenters. The molecule has 4 nitrogen and oxygen atoms in total. The molecule has 0 saturated carbocycles. The van der Waals surface area contributed by atoms with Gasteiger partial charge < -0.3 is 20.1 Å². The molecule has 0 bridgehead atoms. The van der Waals surface area contributed by atoms with E-state index in [2.05, 4.69) is 10.2 Å². The van der Waals surface area contributed by atoms with Gasteiger partial charge in [0.1, 0.15) is 0 Å². The first kappa shape index (κ1) is 14.3. The molecular weight excluding hydrogens is 228 g/mol. The van der Waals surface area contributed by atoms with Crippen LogP contribution in [0.4, 0.5) is 0 Å². The molecule has 4 heteroatoms. The molecule has 2 rings (SSSR count). The molecule has 2 saturated heterocycles. The molecule has 0 radical (unpaired) electrons. The summed E-state index contributed by atoms with van der Waals surface area (Å²) in [6.45, 7) is 7.90. The van der Waals surface area contributed by atoms with Gasteiger partial charge >= 0.3 is 0 Å². The number of piperidine rings is 1. The van der Waals surface area contributed by atoms with Gasteiger partial charge in [0, 0.05) is 38.2 Å². The molecule has 0 aromatic carbocycles. The van der Waals surface area contributed by atoms with Crippen LogP contribution >= 0.6 is 0 Å². The van der Waals surface area contributed by atoms with Gasteiger partial charge in [-0.2, -0.15) is 0 Å². The Hall–Kier alpha value is -0.160. The first-order valence-corrected chi connectivity index (χ1v) is 7.22. The summed E-state index contributed by atoms with van der Waals surface area (Å²) >= 11 is 0. The van der Waals surface area contributed by atoms with Gasteiger partial charge in [0.15, 0.2) is 0 Å². The quantitative estimate of drug-likeness (QED) is 0.783. The summed E-state index contributed by atoms with van der Waals surface area (Å²) < 4.78 is 5.70. The Kier molecular flexibility index (Phi) is 4.64. The van der Waals surface area contributed by atoms with Crippen LogP contribution in [0.3, 0.4) is 0 Å². The summed E-state index contributed by atoms with van der Waals surface area (Å²) in [4.78, 5) is 2.50. The highest BCUT2D eigenvalue weighted by Gasteiger charge is 2.36. The Morgan fingerprint density at radius 2 is 2.00 bits per heavy atom. The van der Waals surface area contributed by atoms with E-state index in [-0.39, 0.29) is 5.41 Å². The minimum absolute atomic E-state index is 0.274. The van der Waals surface area contributed by atoms with E-state index in [1.807, 2.05) is 14.0 Å². The highest BCUT2D eigenvalue weighted by atomic mass is 16.5. The van der Waals surface area contributed by atoms with Gasteiger partial charge in [0.2, 0.25) is 0 Å². The Morgan fingerprint density at radius 3 is 2.56 bits per heavy atom. The summed E-state index contributed by atoms with van der Waals surface area (Å²) in [6.07, 6.45) is 4.21. The van der Waals surface area contributed by atoms with Crippen LogP contribution in [0.1, 0.15) is 32.6 Å². The molecule has 2 N–H and O–H groups in total. The minimum atomic E-state index is -0.449. The van der Waals surface area contributed by atoms with Crippen molar-refractivity contribution in [3.05, 3.63) is 0 Å². The fourth-order valence-electron chi connectivity index (χ4n) is 3.27. The summed E-state index contributed by atoms with van der Waals surface area (Å²) in [5.74, 6) is 0. The second kappa shape index (κ2) is 5.87. The van der Waals surface area contributed by atoms with Gasteiger partial charge in [-0.15, -0.1) is 0 Å². The first-order valence-electron chi connectivity index (χ1n) is 7.22. The predicted molar refractivity (Wildman–Crippen MR) is 72.7 cm³/mol. The van der Waals surface area contributed by atoms with Gasteiger partial charge in [0.25, 0.3) is 0 Å². The molecule has 2 heterocycles. The molecule has 2 aliphatic rings. The molecule has 0 spiro atoms. The Labute approximate surface area is 111 Å². The Bertz CT molecular complexity index is 247. The third-order valence-electron chi connectivity index (χ3n) is 4.45. The molecule has 0 aliphatic carbocycles. The normalized spacial score (nSPS) is 33.5. The average Bonchev–Trinajstić information content (AvgIpc) is 2.34. The largest absolute Gasteiger partial charge is 0.390 e. The lowest BCUT2D eigenvalue weighted by molar-refractivity contribution is -0.0504. The standard InChI is InChI=1S/C14H28N2O2/c1-13(17)5-7-16(8-6-13)11-14(10-15-2)4-3-9-18-12-14/h15,17H,3-12H2,1-2H3. The van der Waals surface area contributed by atoms with E-state index < -0.39 is 5.60 Å². The lowest BCUT2D eigenvalue weighted by Gasteiger charge is -2.44. The van der Waals surface area contributed by atoms with E-state index in [0.29, 0.717) is 0 Å². The predicted octanol–water partition coefficient (Wildman–Crippen LogP) is 0.849. The molecule has 2 fully saturated rings. The Balaban J connectivity index is 1.89. The fraction of sp³-hybridized carbons (Fsp3) is 1.00. The van der Waals surface area contributed by atoms with Crippen molar-refractivity contribution in [3.63, 3.8) is 0 Å². The molecule has 18 heavy (non-hydrogen) atoms. The van der Waals surface area contributed by atoms with E-state index in [1.54, 1.807) is 0 Å². The van der Waals surface area contributed by atoms with Crippen molar-refractivity contribution in [1.82, 2.24) is 10.2 Å². The second-order valence-corrected chi connectivity index (χ2v) is 6.46. The molecule has 0 amide bonds. The number of nitrogens with one attached hydrogen (secondary N) is 1. The van der Waals surface area contributed by atoms with Crippen molar-refractivity contribution in [2.45, 2.75) is 38.2 Å². The summed E-state index contributed by atoms with van der Waals surface area (Å²) in [5, 5.41) is 13.3. The van der Waals surface area contributed by atoms with Crippen LogP contribution in [0.2, 0.25) is 0 Å². The van der Waals surface area contributed by atoms with E-state index in [1.165, 1.54) is 12.8 Å². The van der Waals surface area contributed by atoms with E-state index in [9.17, 15) is 5.11 Å². The van der Waals surface area contributed by atoms with E-state index in [4.69, 9.17) is 4.74 Å². The van der Waals surface area contributed by atoms with Gasteiger partial charge in [0.05, 0.1) is 12.2 Å². The van der Waals surface area contributed by atoms with Crippen LogP contribution < -0.4 is 5.32 Å². The maximum Gasteiger partial charge on any atom is 0.0644 e. The fourth-order valence-corrected chi connectivity index (χ4v) is 3.27. The van der Waals surface area contributed by atoms with Crippen LogP contribution in [0.5, 0.6) is 0 Å². The number of nitrogens with zero attached hydrogens (tertiary/aromatic N) is 1. The average molecular weight is 256 g/mol. The maximum absolute atomic E-state index is 10.0. The third kappa shape index (κ3) is 3.67. The van der Waals surface area contributed by atoms with Crippen LogP contribution in [0.15, 0.2) is 0 Å². The molecule has 106 valence electrons. The SMILES string of the molecule is CNCC1(CN2CCC(C)(O)CC2)CCCOC1. The van der Waals surface area contributed by atoms with E-state index >= 15 is 0 Å². The van der Waals surface area contributed by atoms with E-state index in [0.717, 1.165) is 52.2 Å². The maximum atomic E-state index is 10.0. The van der Waals surface area contributed by atoms with Crippen LogP contribution in [0, 0.1) is 5.41 Å². The van der Waals surface area contributed by atoms with Gasteiger partial charge in [-0.25, -0.2) is 0 Å². The van der Waals surface area contributed by atoms with Crippen LogP contribution in [0.25, 0.3) is 0 Å². The van der Waals surface area contributed by atoms with Crippen molar-refractivity contribution in [1.29, 1.82) is 0 Å². The first-order chi connectivity index (χ1) is 8.55. The zero-order valence-corrected chi connectivity index (χ0v) is 11.9. The third-order valence-corrected chi connectivity index (χ3v) is 4.45. The number of hydrogen-bond acceptors (Lipinski definition) is 4. The van der Waals surface area contributed by atoms with Crippen molar-refractivity contribution < 1.29 is 9.84 Å². The van der Waals surface area contributed by atoms with Crippen LogP contribution in [-0.2, 0) is 4.74 Å². The van der Waals surface area contributed by atoms with Crippen LogP contribution in [-0.4, -0.2) is 62.0 Å². The zero-order chi connectivity index (χ0) is 13.1. The van der Waals surface area contributed by atoms with Crippen molar-refractivity contribution in [2.75, 3.05) is 46.4 Å². The number of hydrogen-bond donors (Lipinski definition) is 2. The second-order valence-electron chi connectivity index (χ2n) is 6.46. The van der Waals surface area contributed by atoms with Gasteiger partial charge in [-0.05, 0) is 39.7 Å². The minimum Gasteiger partial charge on any atom is -0.390 e. The zero-order valence-electron chi connectivity index (χ0n) is 11.9. The van der Waals surface area contributed by atoms with Gasteiger partial charge in [-0.3, -0.25) is 0 Å². The monoisotopic (exact) mass is 256 g/mol.